The number of nitrogens with two attached hydrogens (primary N) is 1. The van der Waals surface area contributed by atoms with Crippen LogP contribution in [0.5, 0.6) is 0 Å². The molecule has 1 aromatic rings. The number of rotatable bonds is 7. The first-order chi connectivity index (χ1) is 20.9. The third-order valence-electron chi connectivity index (χ3n) is 12.4. The highest BCUT2D eigenvalue weighted by Gasteiger charge is 2.50. The summed E-state index contributed by atoms with van der Waals surface area (Å²) in [7, 11) is -3.29. The van der Waals surface area contributed by atoms with Crippen LogP contribution in [0.2, 0.25) is 0 Å². The minimum atomic E-state index is -3.29. The number of hydrogen-bond acceptors (Lipinski definition) is 5. The predicted octanol–water partition coefficient (Wildman–Crippen LogP) is 6.99. The molecule has 0 amide bonds. The molecule has 10 rings (SSSR count). The Hall–Kier alpha value is -0.0800. The van der Waals surface area contributed by atoms with E-state index in [1.807, 2.05) is 0 Å². The number of piperazine rings is 1. The summed E-state index contributed by atoms with van der Waals surface area (Å²) in [6.07, 6.45) is 16.1. The third kappa shape index (κ3) is 7.96. The zero-order valence-electron chi connectivity index (χ0n) is 26.4. The lowest BCUT2D eigenvalue weighted by molar-refractivity contribution is -0.0680. The summed E-state index contributed by atoms with van der Waals surface area (Å²) in [5.74, 6) is 9.07. The van der Waals surface area contributed by atoms with Gasteiger partial charge < -0.3 is 11.1 Å². The number of halogens is 3. The average molecular weight is 689 g/mol. The molecule has 9 heteroatoms. The van der Waals surface area contributed by atoms with Gasteiger partial charge >= 0.3 is 0 Å². The van der Waals surface area contributed by atoms with Crippen molar-refractivity contribution >= 4 is 45.4 Å². The van der Waals surface area contributed by atoms with Crippen LogP contribution in [0, 0.1) is 47.3 Å². The zero-order valence-corrected chi connectivity index (χ0v) is 29.5. The summed E-state index contributed by atoms with van der Waals surface area (Å²) in [5, 5.41) is 3.01. The molecule has 1 heterocycles. The summed E-state index contributed by atoms with van der Waals surface area (Å²) >= 11 is 11.2. The largest absolute Gasteiger partial charge is 0.327 e. The van der Waals surface area contributed by atoms with E-state index >= 15 is 0 Å². The van der Waals surface area contributed by atoms with Gasteiger partial charge in [-0.2, -0.15) is 0 Å². The Bertz CT molecular complexity index is 1070. The van der Waals surface area contributed by atoms with E-state index in [2.05, 4.69) is 10.2 Å². The van der Waals surface area contributed by atoms with Gasteiger partial charge in [0.2, 0.25) is 0 Å². The van der Waals surface area contributed by atoms with Gasteiger partial charge in [-0.3, -0.25) is 4.90 Å². The first-order valence-corrected chi connectivity index (χ1v) is 20.1. The van der Waals surface area contributed by atoms with E-state index in [1.54, 1.807) is 68.9 Å². The van der Waals surface area contributed by atoms with Crippen LogP contribution in [-0.4, -0.2) is 68.6 Å². The van der Waals surface area contributed by atoms with E-state index in [0.717, 1.165) is 53.4 Å². The molecule has 8 saturated carbocycles. The number of benzene rings is 1. The maximum absolute atomic E-state index is 12.2. The first kappa shape index (κ1) is 35.2. The lowest BCUT2D eigenvalue weighted by Gasteiger charge is -2.57. The van der Waals surface area contributed by atoms with Crippen LogP contribution in [0.4, 0.5) is 0 Å². The molecule has 0 spiro atoms. The van der Waals surface area contributed by atoms with Crippen molar-refractivity contribution in [3.05, 3.63) is 30.3 Å². The standard InChI is InChI=1S/C14H24N2.C11H14Cl2O2S.C10H17N.ClH/c1-3-16(4-2-15-1)14-12-6-10-5-11(8-12)9-13(14)7-10;12-8-6-11(7-9-13)16(14,15)10-4-2-1-3-5-10;11-10-8-2-6-1-7(4-8)5-9(10)3-6;/h10-15H,1-9H2;1-5,11H,6-9H2;6-10H,1-5,11H2;1H. The Morgan fingerprint density at radius 3 is 1.59 bits per heavy atom. The highest BCUT2D eigenvalue weighted by Crippen LogP contribution is 2.55. The summed E-state index contributed by atoms with van der Waals surface area (Å²) in [4.78, 5) is 3.18. The predicted molar refractivity (Wildman–Crippen MR) is 186 cm³/mol. The van der Waals surface area contributed by atoms with Gasteiger partial charge in [0.25, 0.3) is 0 Å². The molecule has 8 bridgehead atoms. The smallest absolute Gasteiger partial charge is 0.181 e. The maximum atomic E-state index is 12.2. The van der Waals surface area contributed by atoms with Crippen molar-refractivity contribution in [2.45, 2.75) is 99.3 Å². The fraction of sp³-hybridized carbons (Fsp3) is 0.829. The van der Waals surface area contributed by atoms with Crippen molar-refractivity contribution in [2.75, 3.05) is 37.9 Å². The summed E-state index contributed by atoms with van der Waals surface area (Å²) < 4.78 is 24.4. The van der Waals surface area contributed by atoms with Crippen LogP contribution in [-0.2, 0) is 9.84 Å². The Morgan fingerprint density at radius 2 is 1.16 bits per heavy atom. The Kier molecular flexibility index (Phi) is 12.7. The quantitative estimate of drug-likeness (QED) is 0.302. The van der Waals surface area contributed by atoms with E-state index in [9.17, 15) is 8.42 Å². The normalized spacial score (nSPS) is 38.4. The molecule has 9 aliphatic rings. The maximum Gasteiger partial charge on any atom is 0.181 e. The van der Waals surface area contributed by atoms with Crippen LogP contribution in [0.1, 0.15) is 77.0 Å². The highest BCUT2D eigenvalue weighted by molar-refractivity contribution is 7.92. The number of sulfone groups is 1. The molecule has 44 heavy (non-hydrogen) atoms. The molecular weight excluding hydrogens is 633 g/mol. The molecule has 1 saturated heterocycles. The van der Waals surface area contributed by atoms with Crippen molar-refractivity contribution in [1.82, 2.24) is 10.2 Å². The third-order valence-corrected chi connectivity index (χ3v) is 15.1. The van der Waals surface area contributed by atoms with Crippen molar-refractivity contribution < 1.29 is 8.42 Å². The molecule has 0 radical (unpaired) electrons. The monoisotopic (exact) mass is 687 g/mol. The van der Waals surface area contributed by atoms with Crippen LogP contribution in [0.15, 0.2) is 35.2 Å². The Labute approximate surface area is 283 Å². The number of hydrogen-bond donors (Lipinski definition) is 2. The molecule has 0 unspecified atom stereocenters. The Morgan fingerprint density at radius 1 is 0.727 bits per heavy atom. The van der Waals surface area contributed by atoms with E-state index in [0.29, 0.717) is 35.5 Å². The van der Waals surface area contributed by atoms with Crippen LogP contribution in [0.25, 0.3) is 0 Å². The van der Waals surface area contributed by atoms with Gasteiger partial charge in [-0.05, 0) is 137 Å². The molecule has 0 atom stereocenters. The zero-order chi connectivity index (χ0) is 30.0. The fourth-order valence-corrected chi connectivity index (χ4v) is 13.5. The number of alkyl halides is 2. The molecule has 5 nitrogen and oxygen atoms in total. The van der Waals surface area contributed by atoms with Gasteiger partial charge in [-0.1, -0.05) is 18.2 Å². The second-order valence-corrected chi connectivity index (χ2v) is 18.1. The average Bonchev–Trinajstić information content (AvgIpc) is 3.00. The van der Waals surface area contributed by atoms with E-state index in [1.165, 1.54) is 51.9 Å². The minimum absolute atomic E-state index is 0. The van der Waals surface area contributed by atoms with Gasteiger partial charge in [0.15, 0.2) is 9.84 Å². The summed E-state index contributed by atoms with van der Waals surface area (Å²) in [6, 6.07) is 9.99. The van der Waals surface area contributed by atoms with Crippen molar-refractivity contribution in [3.8, 4) is 0 Å². The Balaban J connectivity index is 0.000000132. The molecule has 1 aliphatic heterocycles. The van der Waals surface area contributed by atoms with Gasteiger partial charge in [-0.25, -0.2) is 8.42 Å². The lowest BCUT2D eigenvalue weighted by Crippen LogP contribution is -2.59. The van der Waals surface area contributed by atoms with Crippen molar-refractivity contribution in [1.29, 1.82) is 0 Å². The minimum Gasteiger partial charge on any atom is -0.327 e. The summed E-state index contributed by atoms with van der Waals surface area (Å²) in [6.45, 7) is 5.07. The summed E-state index contributed by atoms with van der Waals surface area (Å²) in [5.41, 5.74) is 6.17. The molecule has 8 aliphatic carbocycles. The SMILES string of the molecule is C1CN(C2C3CC4CC(C3)CC2C4)CCN1.Cl.NC1C2CC3CC(C2)CC1C3.O=S(=O)(c1ccccc1)C(CCCl)CCCl. The van der Waals surface area contributed by atoms with Gasteiger partial charge in [0, 0.05) is 50.0 Å². The van der Waals surface area contributed by atoms with E-state index < -0.39 is 15.1 Å². The van der Waals surface area contributed by atoms with Crippen molar-refractivity contribution in [2.24, 2.45) is 53.1 Å². The van der Waals surface area contributed by atoms with E-state index in [-0.39, 0.29) is 12.4 Å². The van der Waals surface area contributed by atoms with Crippen molar-refractivity contribution in [3.63, 3.8) is 0 Å². The number of nitrogens with one attached hydrogen (secondary N) is 1. The molecule has 9 fully saturated rings. The van der Waals surface area contributed by atoms with E-state index in [4.69, 9.17) is 28.9 Å². The molecule has 1 aromatic carbocycles. The second-order valence-electron chi connectivity index (χ2n) is 15.2. The van der Waals surface area contributed by atoms with Crippen LogP contribution < -0.4 is 11.1 Å². The van der Waals surface area contributed by atoms with Crippen LogP contribution in [0.3, 0.4) is 0 Å². The second kappa shape index (κ2) is 15.9. The van der Waals surface area contributed by atoms with Crippen LogP contribution >= 0.6 is 35.6 Å². The molecule has 250 valence electrons. The topological polar surface area (TPSA) is 75.4 Å². The lowest BCUT2D eigenvalue weighted by atomic mass is 9.54. The van der Waals surface area contributed by atoms with Gasteiger partial charge in [0.05, 0.1) is 10.1 Å². The van der Waals surface area contributed by atoms with Gasteiger partial charge in [0.1, 0.15) is 0 Å². The highest BCUT2D eigenvalue weighted by atomic mass is 35.5. The molecular formula is C35H56Cl3N3O2S. The number of nitrogens with zero attached hydrogens (tertiary/aromatic N) is 1. The molecule has 0 aromatic heterocycles. The first-order valence-electron chi connectivity index (χ1n) is 17.5. The van der Waals surface area contributed by atoms with Gasteiger partial charge in [-0.15, -0.1) is 35.6 Å². The molecule has 3 N–H and O–H groups in total. The fourth-order valence-electron chi connectivity index (χ4n) is 10.9.